The first-order valence-corrected chi connectivity index (χ1v) is 10.8. The molecule has 4 aromatic rings. The van der Waals surface area contributed by atoms with E-state index in [1.54, 1.807) is 18.2 Å². The van der Waals surface area contributed by atoms with Crippen molar-refractivity contribution >= 4 is 22.7 Å². The number of pyridine rings is 1. The number of benzene rings is 2. The summed E-state index contributed by atoms with van der Waals surface area (Å²) in [6.07, 6.45) is -3.58. The number of methoxy groups -OCH3 is 1. The summed E-state index contributed by atoms with van der Waals surface area (Å²) < 4.78 is 75.7. The molecule has 1 atom stereocenters. The third-order valence-corrected chi connectivity index (χ3v) is 5.52. The number of aromatic nitrogens is 3. The van der Waals surface area contributed by atoms with Crippen LogP contribution in [0.2, 0.25) is 0 Å². The van der Waals surface area contributed by atoms with Gasteiger partial charge >= 0.3 is 6.36 Å². The Kier molecular flexibility index (Phi) is 6.46. The van der Waals surface area contributed by atoms with Gasteiger partial charge in [0.2, 0.25) is 5.88 Å². The van der Waals surface area contributed by atoms with Crippen molar-refractivity contribution < 1.29 is 39.4 Å². The number of nitrogens with zero attached hydrogens (tertiary/aromatic N) is 2. The van der Waals surface area contributed by atoms with E-state index in [9.17, 15) is 27.2 Å². The van der Waals surface area contributed by atoms with Crippen molar-refractivity contribution in [3.63, 3.8) is 0 Å². The molecule has 4 rings (SSSR count). The molecule has 0 radical (unpaired) electrons. The largest absolute Gasteiger partial charge is 0.573 e. The first-order chi connectivity index (χ1) is 19.0. The minimum absolute atomic E-state index is 0.108. The molecule has 13 heteroatoms. The fourth-order valence-corrected chi connectivity index (χ4v) is 3.75. The Balaban J connectivity index is 1.63. The van der Waals surface area contributed by atoms with E-state index in [0.717, 1.165) is 18.2 Å². The second-order valence-electron chi connectivity index (χ2n) is 7.99. The van der Waals surface area contributed by atoms with Crippen LogP contribution in [0.25, 0.3) is 22.0 Å². The van der Waals surface area contributed by atoms with Crippen LogP contribution in [0.15, 0.2) is 48.7 Å². The summed E-state index contributed by atoms with van der Waals surface area (Å²) in [5.74, 6) is -3.01. The van der Waals surface area contributed by atoms with E-state index in [4.69, 9.17) is 7.48 Å². The highest BCUT2D eigenvalue weighted by atomic mass is 19.4. The van der Waals surface area contributed by atoms with Crippen molar-refractivity contribution in [1.82, 2.24) is 25.8 Å². The molecule has 38 heavy (non-hydrogen) atoms. The lowest BCUT2D eigenvalue weighted by atomic mass is 10.0. The number of halogens is 4. The molecule has 0 aliphatic heterocycles. The quantitative estimate of drug-likeness (QED) is 0.301. The number of ether oxygens (including phenoxy) is 2. The van der Waals surface area contributed by atoms with E-state index >= 15 is 0 Å². The van der Waals surface area contributed by atoms with E-state index in [-0.39, 0.29) is 29.7 Å². The average Bonchev–Trinajstić information content (AvgIpc) is 3.33. The van der Waals surface area contributed by atoms with Crippen LogP contribution in [0.5, 0.6) is 11.6 Å². The van der Waals surface area contributed by atoms with Gasteiger partial charge in [-0.05, 0) is 48.9 Å². The topological polar surface area (TPSA) is 118 Å². The minimum Gasteiger partial charge on any atom is -0.480 e. The van der Waals surface area contributed by atoms with Gasteiger partial charge in [-0.25, -0.2) is 9.37 Å². The van der Waals surface area contributed by atoms with E-state index < -0.39 is 42.9 Å². The number of hydrogen-bond donors (Lipinski definition) is 3. The molecule has 2 amide bonds. The molecule has 0 bridgehead atoms. The van der Waals surface area contributed by atoms with Gasteiger partial charge in [0, 0.05) is 31.1 Å². The molecule has 0 fully saturated rings. The highest BCUT2D eigenvalue weighted by Crippen LogP contribution is 2.30. The molecule has 0 spiro atoms. The Morgan fingerprint density at radius 2 is 1.92 bits per heavy atom. The van der Waals surface area contributed by atoms with Crippen LogP contribution in [0, 0.1) is 5.82 Å². The lowest BCUT2D eigenvalue weighted by Crippen LogP contribution is -2.28. The zero-order chi connectivity index (χ0) is 29.0. The maximum absolute atomic E-state index is 14.4. The lowest BCUT2D eigenvalue weighted by Gasteiger charge is -2.18. The average molecular weight is 533 g/mol. The van der Waals surface area contributed by atoms with Gasteiger partial charge in [0.15, 0.2) is 5.69 Å². The highest BCUT2D eigenvalue weighted by molar-refractivity contribution is 6.05. The van der Waals surface area contributed by atoms with Crippen molar-refractivity contribution in [2.24, 2.45) is 0 Å². The SMILES string of the molecule is [2H]CNC(=O)c1n[nH]c2cc(-c3cnc(OC[2H])c(C(=O)N[C@H](C)c4cc(OC(F)(F)F)ccc4F)c3)ccc12. The van der Waals surface area contributed by atoms with Crippen molar-refractivity contribution in [2.75, 3.05) is 14.1 Å². The van der Waals surface area contributed by atoms with Crippen LogP contribution in [0.3, 0.4) is 0 Å². The zero-order valence-corrected chi connectivity index (χ0v) is 19.6. The molecule has 0 aliphatic rings. The summed E-state index contributed by atoms with van der Waals surface area (Å²) in [5.41, 5.74) is 1.25. The summed E-state index contributed by atoms with van der Waals surface area (Å²) in [4.78, 5) is 29.4. The number of rotatable bonds is 7. The molecular weight excluding hydrogens is 510 g/mol. The van der Waals surface area contributed by atoms with Crippen molar-refractivity contribution in [2.45, 2.75) is 19.3 Å². The van der Waals surface area contributed by atoms with Crippen LogP contribution in [0.4, 0.5) is 17.6 Å². The molecule has 0 saturated heterocycles. The molecule has 0 saturated carbocycles. The third kappa shape index (κ3) is 5.51. The number of amides is 2. The van der Waals surface area contributed by atoms with Gasteiger partial charge in [0.25, 0.3) is 11.8 Å². The van der Waals surface area contributed by atoms with Crippen molar-refractivity contribution in [3.8, 4) is 22.8 Å². The maximum atomic E-state index is 14.4. The second-order valence-corrected chi connectivity index (χ2v) is 7.99. The second kappa shape index (κ2) is 10.4. The van der Waals surface area contributed by atoms with Gasteiger partial charge in [-0.1, -0.05) is 6.07 Å². The number of fused-ring (bicyclic) bond motifs is 1. The molecule has 0 aliphatic carbocycles. The predicted molar refractivity (Wildman–Crippen MR) is 128 cm³/mol. The first kappa shape index (κ1) is 23.7. The maximum Gasteiger partial charge on any atom is 0.573 e. The fraction of sp³-hybridized carbons (Fsp3) is 0.200. The Morgan fingerprint density at radius 1 is 1.11 bits per heavy atom. The summed E-state index contributed by atoms with van der Waals surface area (Å²) in [6, 6.07) is 7.72. The van der Waals surface area contributed by atoms with Crippen molar-refractivity contribution in [1.29, 1.82) is 0 Å². The Hall–Kier alpha value is -4.68. The van der Waals surface area contributed by atoms with E-state index in [1.807, 2.05) is 0 Å². The van der Waals surface area contributed by atoms with E-state index in [1.165, 1.54) is 19.2 Å². The molecule has 2 aromatic heterocycles. The molecule has 3 N–H and O–H groups in total. The van der Waals surface area contributed by atoms with E-state index in [0.29, 0.717) is 22.0 Å². The first-order valence-electron chi connectivity index (χ1n) is 12.3. The molecule has 2 aromatic carbocycles. The van der Waals surface area contributed by atoms with Gasteiger partial charge in [0.1, 0.15) is 17.1 Å². The van der Waals surface area contributed by atoms with E-state index in [2.05, 4.69) is 30.6 Å². The molecule has 0 unspecified atom stereocenters. The summed E-state index contributed by atoms with van der Waals surface area (Å²) in [6.45, 7) is 1.37. The number of aromatic amines is 1. The number of H-pyrrole nitrogens is 1. The number of alkyl halides is 3. The minimum atomic E-state index is -4.98. The number of hydrogen-bond acceptors (Lipinski definition) is 6. The van der Waals surface area contributed by atoms with Crippen LogP contribution in [-0.4, -0.2) is 47.5 Å². The molecule has 9 nitrogen and oxygen atoms in total. The smallest absolute Gasteiger partial charge is 0.480 e. The number of carbonyl (C=O) groups is 2. The molecule has 198 valence electrons. The summed E-state index contributed by atoms with van der Waals surface area (Å²) in [5, 5.41) is 12.1. The lowest BCUT2D eigenvalue weighted by molar-refractivity contribution is -0.274. The number of carbonyl (C=O) groups excluding carboxylic acids is 2. The van der Waals surface area contributed by atoms with Crippen LogP contribution in [-0.2, 0) is 0 Å². The van der Waals surface area contributed by atoms with Gasteiger partial charge in [-0.15, -0.1) is 13.2 Å². The monoisotopic (exact) mass is 533 g/mol. The normalized spacial score (nSPS) is 12.9. The third-order valence-electron chi connectivity index (χ3n) is 5.52. The van der Waals surface area contributed by atoms with Gasteiger partial charge in [-0.3, -0.25) is 14.7 Å². The predicted octanol–water partition coefficient (Wildman–Crippen LogP) is 4.52. The van der Waals surface area contributed by atoms with Crippen molar-refractivity contribution in [3.05, 3.63) is 71.3 Å². The van der Waals surface area contributed by atoms with Crippen LogP contribution < -0.4 is 20.1 Å². The standard InChI is InChI=1S/C25H21F4N5O4/c1-12(17-10-15(5-7-19(17)26)38-25(27,28)29)32-22(35)18-8-14(11-31-24(18)37-3)13-4-6-16-20(9-13)33-34-21(16)23(36)30-2/h4-12H,1-3H3,(H,30,36)(H,32,35)(H,33,34)/t12-/m1/s1/i2D,3D. The zero-order valence-electron chi connectivity index (χ0n) is 21.6. The van der Waals surface area contributed by atoms with Gasteiger partial charge in [0.05, 0.1) is 20.0 Å². The van der Waals surface area contributed by atoms with Crippen LogP contribution in [0.1, 0.15) is 42.1 Å². The van der Waals surface area contributed by atoms with Gasteiger partial charge < -0.3 is 20.1 Å². The molecule has 2 heterocycles. The Morgan fingerprint density at radius 3 is 2.66 bits per heavy atom. The van der Waals surface area contributed by atoms with Crippen LogP contribution >= 0.6 is 0 Å². The summed E-state index contributed by atoms with van der Waals surface area (Å²) in [7, 11) is -0.872. The number of nitrogens with one attached hydrogen (secondary N) is 3. The highest BCUT2D eigenvalue weighted by Gasteiger charge is 2.31. The Labute approximate surface area is 216 Å². The van der Waals surface area contributed by atoms with Gasteiger partial charge in [-0.2, -0.15) is 5.10 Å². The molecular formula is C25H21F4N5O4. The fourth-order valence-electron chi connectivity index (χ4n) is 3.75. The Bertz CT molecular complexity index is 1560. The summed E-state index contributed by atoms with van der Waals surface area (Å²) >= 11 is 0.